The van der Waals surface area contributed by atoms with Crippen molar-refractivity contribution in [3.05, 3.63) is 68.2 Å². The molecule has 0 aliphatic carbocycles. The number of aromatic nitrogens is 3. The third-order valence-corrected chi connectivity index (χ3v) is 4.22. The molecule has 0 radical (unpaired) electrons. The van der Waals surface area contributed by atoms with Gasteiger partial charge in [-0.25, -0.2) is 9.97 Å². The molecule has 0 saturated heterocycles. The van der Waals surface area contributed by atoms with E-state index in [4.69, 9.17) is 10.4 Å². The number of fused-ring (bicyclic) bond motifs is 1. The van der Waals surface area contributed by atoms with Gasteiger partial charge in [-0.05, 0) is 39.7 Å². The van der Waals surface area contributed by atoms with E-state index >= 15 is 0 Å². The van der Waals surface area contributed by atoms with Gasteiger partial charge < -0.3 is 10.4 Å². The summed E-state index contributed by atoms with van der Waals surface area (Å²) in [4.78, 5) is 44.5. The van der Waals surface area contributed by atoms with Crippen LogP contribution in [-0.4, -0.2) is 31.5 Å². The summed E-state index contributed by atoms with van der Waals surface area (Å²) < 4.78 is 1.28. The van der Waals surface area contributed by atoms with E-state index in [-0.39, 0.29) is 23.3 Å². The summed E-state index contributed by atoms with van der Waals surface area (Å²) in [5, 5.41) is 20.5. The largest absolute Gasteiger partial charge is 0.480 e. The number of nitrogens with one attached hydrogen (secondary N) is 1. The number of nitriles is 1. The van der Waals surface area contributed by atoms with Gasteiger partial charge in [-0.15, -0.1) is 0 Å². The molecule has 1 amide bonds. The smallest absolute Gasteiger partial charge is 0.323 e. The van der Waals surface area contributed by atoms with Crippen LogP contribution in [0.2, 0.25) is 0 Å². The lowest BCUT2D eigenvalue weighted by atomic mass is 10.1. The first-order valence-corrected chi connectivity index (χ1v) is 8.73. The van der Waals surface area contributed by atoms with Crippen LogP contribution >= 0.6 is 15.9 Å². The Hall–Kier alpha value is -3.58. The van der Waals surface area contributed by atoms with Gasteiger partial charge in [0.25, 0.3) is 11.5 Å². The minimum absolute atomic E-state index is 0.0687. The maximum atomic E-state index is 12.7. The Morgan fingerprint density at radius 2 is 2.00 bits per heavy atom. The Morgan fingerprint density at radius 3 is 2.64 bits per heavy atom. The molecule has 1 aromatic carbocycles. The van der Waals surface area contributed by atoms with Gasteiger partial charge in [0, 0.05) is 6.54 Å². The summed E-state index contributed by atoms with van der Waals surface area (Å²) in [6.45, 7) is -0.520. The molecule has 140 valence electrons. The van der Waals surface area contributed by atoms with Crippen LogP contribution in [0.3, 0.4) is 0 Å². The van der Waals surface area contributed by atoms with Crippen LogP contribution < -0.4 is 10.9 Å². The number of aliphatic carboxylic acids is 1. The fourth-order valence-corrected chi connectivity index (χ4v) is 2.83. The van der Waals surface area contributed by atoms with Gasteiger partial charge in [-0.1, -0.05) is 12.1 Å². The van der Waals surface area contributed by atoms with Gasteiger partial charge in [0.05, 0.1) is 17.8 Å². The summed E-state index contributed by atoms with van der Waals surface area (Å²) in [5.74, 6) is -1.92. The average molecular weight is 442 g/mol. The lowest BCUT2D eigenvalue weighted by Crippen LogP contribution is -2.34. The second kappa shape index (κ2) is 7.98. The fraction of sp³-hybridized carbons (Fsp3) is 0.111. The van der Waals surface area contributed by atoms with Crippen molar-refractivity contribution in [2.24, 2.45) is 0 Å². The lowest BCUT2D eigenvalue weighted by Gasteiger charge is -2.10. The zero-order valence-electron chi connectivity index (χ0n) is 14.2. The normalized spacial score (nSPS) is 10.4. The van der Waals surface area contributed by atoms with Crippen molar-refractivity contribution in [3.63, 3.8) is 0 Å². The number of benzene rings is 1. The van der Waals surface area contributed by atoms with E-state index in [1.165, 1.54) is 12.3 Å². The number of carbonyl (C=O) groups excluding carboxylic acids is 1. The van der Waals surface area contributed by atoms with Crippen LogP contribution in [0.4, 0.5) is 0 Å². The quantitative estimate of drug-likeness (QED) is 0.610. The molecule has 3 rings (SSSR count). The molecular weight excluding hydrogens is 430 g/mol. The van der Waals surface area contributed by atoms with Crippen molar-refractivity contribution < 1.29 is 14.7 Å². The minimum Gasteiger partial charge on any atom is -0.480 e. The molecule has 0 saturated carbocycles. The van der Waals surface area contributed by atoms with E-state index < -0.39 is 24.0 Å². The van der Waals surface area contributed by atoms with E-state index in [9.17, 15) is 14.4 Å². The van der Waals surface area contributed by atoms with Gasteiger partial charge in [-0.2, -0.15) is 5.26 Å². The Balaban J connectivity index is 1.95. The number of hydrogen-bond acceptors (Lipinski definition) is 6. The molecule has 28 heavy (non-hydrogen) atoms. The molecule has 0 fully saturated rings. The van der Waals surface area contributed by atoms with Crippen molar-refractivity contribution in [1.29, 1.82) is 5.26 Å². The maximum Gasteiger partial charge on any atom is 0.323 e. The molecule has 0 spiro atoms. The number of carboxylic acid groups (broad SMARTS) is 1. The van der Waals surface area contributed by atoms with Crippen molar-refractivity contribution >= 4 is 39.0 Å². The van der Waals surface area contributed by atoms with Crippen LogP contribution in [0.25, 0.3) is 11.2 Å². The molecule has 2 heterocycles. The van der Waals surface area contributed by atoms with Gasteiger partial charge in [0.2, 0.25) is 0 Å². The van der Waals surface area contributed by atoms with Crippen molar-refractivity contribution in [1.82, 2.24) is 19.9 Å². The molecule has 3 aromatic rings. The third kappa shape index (κ3) is 4.05. The predicted octanol–water partition coefficient (Wildman–Crippen LogP) is 1.44. The Kier molecular flexibility index (Phi) is 5.47. The van der Waals surface area contributed by atoms with Crippen LogP contribution in [-0.2, 0) is 17.9 Å². The first-order chi connectivity index (χ1) is 13.4. The second-order valence-corrected chi connectivity index (χ2v) is 6.55. The first-order valence-electron chi connectivity index (χ1n) is 7.94. The van der Waals surface area contributed by atoms with Gasteiger partial charge in [-0.3, -0.25) is 19.0 Å². The highest BCUT2D eigenvalue weighted by Crippen LogP contribution is 2.13. The van der Waals surface area contributed by atoms with Gasteiger partial charge >= 0.3 is 5.97 Å². The predicted molar refractivity (Wildman–Crippen MR) is 101 cm³/mol. The highest BCUT2D eigenvalue weighted by atomic mass is 79.9. The molecule has 10 heteroatoms. The van der Waals surface area contributed by atoms with Crippen molar-refractivity contribution in [2.75, 3.05) is 0 Å². The van der Waals surface area contributed by atoms with Gasteiger partial charge in [0.1, 0.15) is 22.2 Å². The SMILES string of the molecule is N#Cc1ccc(CNC(=O)c2cc3nc(Br)cnc3n(CC(=O)O)c2=O)cc1. The van der Waals surface area contributed by atoms with Gasteiger partial charge in [0.15, 0.2) is 5.65 Å². The summed E-state index contributed by atoms with van der Waals surface area (Å²) in [7, 11) is 0. The number of carboxylic acids is 1. The zero-order valence-corrected chi connectivity index (χ0v) is 15.8. The van der Waals surface area contributed by atoms with Crippen molar-refractivity contribution in [2.45, 2.75) is 13.1 Å². The molecule has 0 bridgehead atoms. The fourth-order valence-electron chi connectivity index (χ4n) is 2.54. The molecule has 0 aliphatic rings. The topological polar surface area (TPSA) is 138 Å². The Bertz CT molecular complexity index is 1180. The van der Waals surface area contributed by atoms with Crippen LogP contribution in [0, 0.1) is 11.3 Å². The van der Waals surface area contributed by atoms with E-state index in [0.29, 0.717) is 10.2 Å². The molecule has 2 aromatic heterocycles. The lowest BCUT2D eigenvalue weighted by molar-refractivity contribution is -0.137. The molecule has 2 N–H and O–H groups in total. The minimum atomic E-state index is -1.25. The third-order valence-electron chi connectivity index (χ3n) is 3.84. The standard InChI is InChI=1S/C18H12BrN5O4/c19-14-8-21-16-13(23-14)5-12(18(28)24(16)9-15(25)26)17(27)22-7-11-3-1-10(6-20)2-4-11/h1-5,8H,7,9H2,(H,22,27)(H,25,26). The van der Waals surface area contributed by atoms with E-state index in [2.05, 4.69) is 31.2 Å². The summed E-state index contributed by atoms with van der Waals surface area (Å²) in [5.41, 5.74) is 0.489. The number of nitrogens with zero attached hydrogens (tertiary/aromatic N) is 4. The molecular formula is C18H12BrN5O4. The van der Waals surface area contributed by atoms with E-state index in [1.54, 1.807) is 24.3 Å². The monoisotopic (exact) mass is 441 g/mol. The Morgan fingerprint density at radius 1 is 1.29 bits per heavy atom. The van der Waals surface area contributed by atoms with Crippen LogP contribution in [0.1, 0.15) is 21.5 Å². The molecule has 0 atom stereocenters. The average Bonchev–Trinajstić information content (AvgIpc) is 2.68. The number of halogens is 1. The van der Waals surface area contributed by atoms with E-state index in [0.717, 1.165) is 10.1 Å². The highest BCUT2D eigenvalue weighted by molar-refractivity contribution is 9.10. The number of rotatable bonds is 5. The Labute approximate surface area is 166 Å². The number of carbonyl (C=O) groups is 2. The van der Waals surface area contributed by atoms with Crippen LogP contribution in [0.15, 0.2) is 45.9 Å². The summed E-state index contributed by atoms with van der Waals surface area (Å²) in [6, 6.07) is 9.88. The maximum absolute atomic E-state index is 12.7. The number of pyridine rings is 1. The summed E-state index contributed by atoms with van der Waals surface area (Å²) >= 11 is 3.16. The second-order valence-electron chi connectivity index (χ2n) is 5.74. The van der Waals surface area contributed by atoms with Crippen LogP contribution in [0.5, 0.6) is 0 Å². The van der Waals surface area contributed by atoms with Crippen molar-refractivity contribution in [3.8, 4) is 6.07 Å². The number of hydrogen-bond donors (Lipinski definition) is 2. The first kappa shape index (κ1) is 19.2. The summed E-state index contributed by atoms with van der Waals surface area (Å²) in [6.07, 6.45) is 1.34. The van der Waals surface area contributed by atoms with E-state index in [1.807, 2.05) is 6.07 Å². The zero-order chi connectivity index (χ0) is 20.3. The molecule has 0 aliphatic heterocycles. The number of amides is 1. The molecule has 9 nitrogen and oxygen atoms in total. The highest BCUT2D eigenvalue weighted by Gasteiger charge is 2.18. The molecule has 0 unspecified atom stereocenters.